The van der Waals surface area contributed by atoms with Crippen LogP contribution in [0.4, 0.5) is 5.69 Å². The highest BCUT2D eigenvalue weighted by Gasteiger charge is 2.41. The maximum atomic E-state index is 5.69. The van der Waals surface area contributed by atoms with Gasteiger partial charge in [-0.05, 0) is 70.6 Å². The first-order chi connectivity index (χ1) is 12.7. The molecule has 1 saturated heterocycles. The van der Waals surface area contributed by atoms with E-state index in [2.05, 4.69) is 42.6 Å². The van der Waals surface area contributed by atoms with Crippen LogP contribution in [-0.2, 0) is 0 Å². The van der Waals surface area contributed by atoms with E-state index in [0.29, 0.717) is 5.11 Å². The number of hydrogen-bond donors (Lipinski definition) is 1. The van der Waals surface area contributed by atoms with E-state index >= 15 is 0 Å². The van der Waals surface area contributed by atoms with E-state index in [1.54, 1.807) is 18.4 Å². The summed E-state index contributed by atoms with van der Waals surface area (Å²) in [4.78, 5) is 7.93. The predicted octanol–water partition coefficient (Wildman–Crippen LogP) is 5.09. The summed E-state index contributed by atoms with van der Waals surface area (Å²) in [5.41, 5.74) is 2.00. The Bertz CT molecular complexity index is 914. The number of thiophene rings is 1. The second kappa shape index (κ2) is 7.34. The van der Waals surface area contributed by atoms with Gasteiger partial charge in [0.2, 0.25) is 0 Å². The summed E-state index contributed by atoms with van der Waals surface area (Å²) in [7, 11) is 1.67. The maximum absolute atomic E-state index is 5.69. The highest BCUT2D eigenvalue weighted by atomic mass is 79.9. The van der Waals surface area contributed by atoms with Crippen molar-refractivity contribution in [2.75, 3.05) is 12.0 Å². The van der Waals surface area contributed by atoms with Crippen LogP contribution in [0.25, 0.3) is 0 Å². The number of thiocarbonyl (C=S) groups is 1. The van der Waals surface area contributed by atoms with Gasteiger partial charge in [0.15, 0.2) is 5.11 Å². The molecule has 0 aliphatic carbocycles. The van der Waals surface area contributed by atoms with Crippen molar-refractivity contribution in [1.29, 1.82) is 0 Å². The molecule has 1 N–H and O–H groups in total. The fourth-order valence-corrected chi connectivity index (χ4v) is 5.07. The molecule has 3 aromatic rings. The molecule has 7 heteroatoms. The number of ether oxygens (including phenoxy) is 1. The summed E-state index contributed by atoms with van der Waals surface area (Å²) in [5.74, 6) is 0.823. The molecule has 1 fully saturated rings. The number of benzene rings is 1. The molecular formula is C19H16BrN3OS2. The summed E-state index contributed by atoms with van der Waals surface area (Å²) >= 11 is 11.0. The molecule has 2 atom stereocenters. The van der Waals surface area contributed by atoms with Crippen LogP contribution < -0.4 is 15.0 Å². The number of rotatable bonds is 4. The minimum Gasteiger partial charge on any atom is -0.497 e. The Kier molecular flexibility index (Phi) is 4.93. The Labute approximate surface area is 170 Å². The van der Waals surface area contributed by atoms with E-state index in [1.165, 1.54) is 4.88 Å². The topological polar surface area (TPSA) is 37.4 Å². The van der Waals surface area contributed by atoms with Crippen LogP contribution >= 0.6 is 39.5 Å². The van der Waals surface area contributed by atoms with Crippen molar-refractivity contribution in [3.8, 4) is 5.75 Å². The number of halogens is 1. The van der Waals surface area contributed by atoms with Gasteiger partial charge in [0, 0.05) is 26.6 Å². The van der Waals surface area contributed by atoms with E-state index in [9.17, 15) is 0 Å². The molecule has 1 aromatic carbocycles. The molecule has 1 aliphatic rings. The van der Waals surface area contributed by atoms with Crippen molar-refractivity contribution in [3.63, 3.8) is 0 Å². The average Bonchev–Trinajstić information content (AvgIpc) is 3.25. The zero-order valence-electron chi connectivity index (χ0n) is 13.9. The third kappa shape index (κ3) is 3.22. The number of aromatic nitrogens is 1. The molecule has 0 amide bonds. The summed E-state index contributed by atoms with van der Waals surface area (Å²) < 4.78 is 6.36. The zero-order valence-corrected chi connectivity index (χ0v) is 17.1. The Morgan fingerprint density at radius 3 is 2.65 bits per heavy atom. The molecule has 0 unspecified atom stereocenters. The van der Waals surface area contributed by atoms with Crippen LogP contribution in [0.1, 0.15) is 22.7 Å². The molecule has 132 valence electrons. The van der Waals surface area contributed by atoms with E-state index in [4.69, 9.17) is 17.0 Å². The molecule has 2 aromatic heterocycles. The van der Waals surface area contributed by atoms with Crippen molar-refractivity contribution in [2.45, 2.75) is 12.1 Å². The highest BCUT2D eigenvalue weighted by molar-refractivity contribution is 9.10. The number of methoxy groups -OCH3 is 1. The lowest BCUT2D eigenvalue weighted by Crippen LogP contribution is -2.29. The van der Waals surface area contributed by atoms with Gasteiger partial charge in [-0.15, -0.1) is 11.3 Å². The van der Waals surface area contributed by atoms with Crippen molar-refractivity contribution >= 4 is 50.3 Å². The minimum absolute atomic E-state index is 0.0173. The fraction of sp³-hybridized carbons (Fsp3) is 0.158. The predicted molar refractivity (Wildman–Crippen MR) is 113 cm³/mol. The van der Waals surface area contributed by atoms with Crippen molar-refractivity contribution < 1.29 is 4.74 Å². The van der Waals surface area contributed by atoms with Gasteiger partial charge in [0.25, 0.3) is 0 Å². The number of anilines is 1. The summed E-state index contributed by atoms with van der Waals surface area (Å²) in [6.07, 6.45) is 1.82. The molecule has 26 heavy (non-hydrogen) atoms. The van der Waals surface area contributed by atoms with E-state index in [-0.39, 0.29) is 12.1 Å². The number of hydrogen-bond acceptors (Lipinski definition) is 4. The van der Waals surface area contributed by atoms with Crippen LogP contribution in [0, 0.1) is 0 Å². The van der Waals surface area contributed by atoms with Gasteiger partial charge in [-0.25, -0.2) is 0 Å². The van der Waals surface area contributed by atoms with Crippen molar-refractivity contribution in [3.05, 3.63) is 75.2 Å². The Balaban J connectivity index is 1.79. The lowest BCUT2D eigenvalue weighted by atomic mass is 10.0. The third-order valence-electron chi connectivity index (χ3n) is 4.33. The van der Waals surface area contributed by atoms with Gasteiger partial charge in [0.1, 0.15) is 5.75 Å². The Hall–Kier alpha value is -1.96. The first kappa shape index (κ1) is 17.5. The average molecular weight is 446 g/mol. The fourth-order valence-electron chi connectivity index (χ4n) is 3.15. The van der Waals surface area contributed by atoms with Crippen LogP contribution in [0.2, 0.25) is 0 Å². The van der Waals surface area contributed by atoms with Gasteiger partial charge in [0.05, 0.1) is 24.9 Å². The number of nitrogens with one attached hydrogen (secondary N) is 1. The molecular weight excluding hydrogens is 430 g/mol. The first-order valence-corrected chi connectivity index (χ1v) is 10.1. The smallest absolute Gasteiger partial charge is 0.174 e. The Morgan fingerprint density at radius 2 is 2.04 bits per heavy atom. The maximum Gasteiger partial charge on any atom is 0.174 e. The van der Waals surface area contributed by atoms with Crippen LogP contribution in [-0.4, -0.2) is 17.2 Å². The molecule has 1 aliphatic heterocycles. The second-order valence-corrected chi connectivity index (χ2v) is 8.11. The van der Waals surface area contributed by atoms with Gasteiger partial charge in [-0.3, -0.25) is 4.98 Å². The highest BCUT2D eigenvalue weighted by Crippen LogP contribution is 2.44. The molecule has 4 rings (SSSR count). The first-order valence-electron chi connectivity index (χ1n) is 8.06. The molecule has 4 nitrogen and oxygen atoms in total. The molecule has 0 spiro atoms. The molecule has 0 bridgehead atoms. The van der Waals surface area contributed by atoms with E-state index in [1.807, 2.05) is 48.7 Å². The number of pyridine rings is 1. The summed E-state index contributed by atoms with van der Waals surface area (Å²) in [6.45, 7) is 0. The quantitative estimate of drug-likeness (QED) is 0.565. The molecule has 3 heterocycles. The summed E-state index contributed by atoms with van der Waals surface area (Å²) in [5, 5.41) is 6.25. The largest absolute Gasteiger partial charge is 0.497 e. The third-order valence-corrected chi connectivity index (χ3v) is 6.41. The normalized spacial score (nSPS) is 19.5. The summed E-state index contributed by atoms with van der Waals surface area (Å²) in [6, 6.07) is 16.1. The van der Waals surface area contributed by atoms with Crippen molar-refractivity contribution in [1.82, 2.24) is 10.3 Å². The monoisotopic (exact) mass is 445 g/mol. The van der Waals surface area contributed by atoms with Crippen LogP contribution in [0.5, 0.6) is 5.75 Å². The van der Waals surface area contributed by atoms with Gasteiger partial charge < -0.3 is 15.0 Å². The number of nitrogens with zero attached hydrogens (tertiary/aromatic N) is 2. The lowest BCUT2D eigenvalue weighted by molar-refractivity contribution is 0.415. The van der Waals surface area contributed by atoms with Crippen LogP contribution in [0.3, 0.4) is 0 Å². The second-order valence-electron chi connectivity index (χ2n) is 5.86. The standard InChI is InChI=1S/C19H16BrN3OS2/c1-24-14-7-5-13(6-8-14)23-18(16-10-12(20)11-26-16)17(22-19(23)25)15-4-2-3-9-21-15/h2-11,17-18H,1H3,(H,22,25)/t17-,18-/m0/s1. The SMILES string of the molecule is COc1ccc(N2C(=S)N[C@@H](c3ccccn3)[C@@H]2c2cc(Br)cs2)cc1. The van der Waals surface area contributed by atoms with Gasteiger partial charge in [-0.2, -0.15) is 0 Å². The van der Waals surface area contributed by atoms with E-state index in [0.717, 1.165) is 21.6 Å². The van der Waals surface area contributed by atoms with Gasteiger partial charge in [-0.1, -0.05) is 6.07 Å². The van der Waals surface area contributed by atoms with E-state index < -0.39 is 0 Å². The minimum atomic E-state index is -0.0173. The van der Waals surface area contributed by atoms with Crippen LogP contribution in [0.15, 0.2) is 64.6 Å². The van der Waals surface area contributed by atoms with Gasteiger partial charge >= 0.3 is 0 Å². The lowest BCUT2D eigenvalue weighted by Gasteiger charge is -2.27. The molecule has 0 radical (unpaired) electrons. The Morgan fingerprint density at radius 1 is 1.23 bits per heavy atom. The zero-order chi connectivity index (χ0) is 18.1. The molecule has 0 saturated carbocycles. The van der Waals surface area contributed by atoms with Crippen molar-refractivity contribution in [2.24, 2.45) is 0 Å².